The van der Waals surface area contributed by atoms with Crippen LogP contribution in [-0.2, 0) is 6.54 Å². The van der Waals surface area contributed by atoms with Gasteiger partial charge in [-0.05, 0) is 11.6 Å². The Balaban J connectivity index is 2.18. The van der Waals surface area contributed by atoms with Crippen molar-refractivity contribution in [2.24, 2.45) is 0 Å². The van der Waals surface area contributed by atoms with E-state index >= 15 is 0 Å². The zero-order valence-corrected chi connectivity index (χ0v) is 11.5. The number of non-ortho nitro benzene ring substituents is 2. The lowest BCUT2D eigenvalue weighted by Gasteiger charge is -2.07. The van der Waals surface area contributed by atoms with E-state index in [0.717, 1.165) is 12.1 Å². The highest BCUT2D eigenvalue weighted by atomic mass is 16.6. The summed E-state index contributed by atoms with van der Waals surface area (Å²) in [4.78, 5) is 30.3. The summed E-state index contributed by atoms with van der Waals surface area (Å²) in [5, 5.41) is 35.0. The van der Waals surface area contributed by atoms with Gasteiger partial charge in [0, 0.05) is 24.7 Å². The number of nitro benzene ring substituents is 3. The van der Waals surface area contributed by atoms with Crippen LogP contribution in [0.25, 0.3) is 0 Å². The van der Waals surface area contributed by atoms with E-state index in [1.807, 2.05) is 0 Å². The maximum Gasteiger partial charge on any atom is 0.299 e. The van der Waals surface area contributed by atoms with Crippen LogP contribution in [0.5, 0.6) is 0 Å². The zero-order valence-electron chi connectivity index (χ0n) is 11.5. The molecule has 10 heteroatoms. The van der Waals surface area contributed by atoms with Crippen molar-refractivity contribution in [1.82, 2.24) is 0 Å². The first-order chi connectivity index (χ1) is 10.9. The van der Waals surface area contributed by atoms with E-state index in [0.29, 0.717) is 5.56 Å². The van der Waals surface area contributed by atoms with Crippen molar-refractivity contribution in [2.75, 3.05) is 5.32 Å². The van der Waals surface area contributed by atoms with E-state index in [9.17, 15) is 30.3 Å². The molecule has 10 nitrogen and oxygen atoms in total. The Morgan fingerprint density at radius 3 is 1.87 bits per heavy atom. The summed E-state index contributed by atoms with van der Waals surface area (Å²) < 4.78 is 0. The summed E-state index contributed by atoms with van der Waals surface area (Å²) in [6, 6.07) is 8.96. The zero-order chi connectivity index (χ0) is 17.0. The summed E-state index contributed by atoms with van der Waals surface area (Å²) >= 11 is 0. The molecule has 2 aromatic rings. The number of nitrogens with one attached hydrogen (secondary N) is 1. The number of nitrogens with zero attached hydrogens (tertiary/aromatic N) is 3. The van der Waals surface area contributed by atoms with Gasteiger partial charge in [-0.1, -0.05) is 12.1 Å². The van der Waals surface area contributed by atoms with Crippen molar-refractivity contribution >= 4 is 22.7 Å². The number of hydrogen-bond donors (Lipinski definition) is 1. The van der Waals surface area contributed by atoms with E-state index in [1.165, 1.54) is 30.3 Å². The molecule has 2 aromatic carbocycles. The second kappa shape index (κ2) is 6.47. The monoisotopic (exact) mass is 318 g/mol. The molecule has 0 radical (unpaired) electrons. The Kier molecular flexibility index (Phi) is 4.45. The average molecular weight is 318 g/mol. The molecule has 0 aliphatic carbocycles. The predicted molar refractivity (Wildman–Crippen MR) is 80.2 cm³/mol. The van der Waals surface area contributed by atoms with Gasteiger partial charge in [-0.15, -0.1) is 0 Å². The van der Waals surface area contributed by atoms with Crippen molar-refractivity contribution in [2.45, 2.75) is 6.54 Å². The van der Waals surface area contributed by atoms with Gasteiger partial charge in [-0.25, -0.2) is 0 Å². The van der Waals surface area contributed by atoms with Crippen LogP contribution < -0.4 is 5.32 Å². The van der Waals surface area contributed by atoms with Gasteiger partial charge < -0.3 is 5.32 Å². The molecule has 0 unspecified atom stereocenters. The van der Waals surface area contributed by atoms with E-state index in [1.54, 1.807) is 0 Å². The SMILES string of the molecule is O=[N+]([O-])c1ccc(CNc2ccc([N+](=O)[O-])cc2[N+](=O)[O-])cc1. The topological polar surface area (TPSA) is 141 Å². The normalized spacial score (nSPS) is 10.1. The first-order valence-electron chi connectivity index (χ1n) is 6.28. The first kappa shape index (κ1) is 15.8. The Hall–Kier alpha value is -3.56. The molecule has 0 aliphatic heterocycles. The standard InChI is InChI=1S/C13H10N4O6/c18-15(19)10-3-1-9(2-4-10)8-14-12-6-5-11(16(20)21)7-13(12)17(22)23/h1-7,14H,8H2. The molecule has 0 aliphatic rings. The Morgan fingerprint density at radius 2 is 1.35 bits per heavy atom. The molecule has 0 aromatic heterocycles. The minimum absolute atomic E-state index is 0.0601. The van der Waals surface area contributed by atoms with Crippen LogP contribution >= 0.6 is 0 Å². The molecule has 0 amide bonds. The molecular weight excluding hydrogens is 308 g/mol. The molecule has 118 valence electrons. The molecule has 0 spiro atoms. The molecule has 23 heavy (non-hydrogen) atoms. The highest BCUT2D eigenvalue weighted by Crippen LogP contribution is 2.29. The summed E-state index contributed by atoms with van der Waals surface area (Å²) in [6.45, 7) is 0.177. The molecule has 0 saturated carbocycles. The van der Waals surface area contributed by atoms with Gasteiger partial charge in [0.1, 0.15) is 5.69 Å². The third kappa shape index (κ3) is 3.75. The molecule has 0 heterocycles. The van der Waals surface area contributed by atoms with Gasteiger partial charge in [-0.3, -0.25) is 30.3 Å². The fraction of sp³-hybridized carbons (Fsp3) is 0.0769. The molecule has 0 fully saturated rings. The van der Waals surface area contributed by atoms with Crippen molar-refractivity contribution < 1.29 is 14.8 Å². The number of rotatable bonds is 6. The minimum Gasteiger partial charge on any atom is -0.375 e. The largest absolute Gasteiger partial charge is 0.375 e. The van der Waals surface area contributed by atoms with Crippen LogP contribution in [0.2, 0.25) is 0 Å². The summed E-state index contributed by atoms with van der Waals surface area (Å²) in [6.07, 6.45) is 0. The van der Waals surface area contributed by atoms with Gasteiger partial charge >= 0.3 is 0 Å². The fourth-order valence-corrected chi connectivity index (χ4v) is 1.87. The van der Waals surface area contributed by atoms with E-state index in [2.05, 4.69) is 5.32 Å². The summed E-state index contributed by atoms with van der Waals surface area (Å²) in [5.74, 6) is 0. The summed E-state index contributed by atoms with van der Waals surface area (Å²) in [5.41, 5.74) is -0.0593. The van der Waals surface area contributed by atoms with Gasteiger partial charge in [0.25, 0.3) is 17.1 Å². The molecular formula is C13H10N4O6. The van der Waals surface area contributed by atoms with Gasteiger partial charge in [-0.2, -0.15) is 0 Å². The molecule has 1 N–H and O–H groups in total. The fourth-order valence-electron chi connectivity index (χ4n) is 1.87. The Labute approximate surface area is 128 Å². The molecule has 0 saturated heterocycles. The van der Waals surface area contributed by atoms with Crippen molar-refractivity contribution in [1.29, 1.82) is 0 Å². The van der Waals surface area contributed by atoms with Gasteiger partial charge in [0.15, 0.2) is 0 Å². The molecule has 0 atom stereocenters. The Morgan fingerprint density at radius 1 is 0.783 bits per heavy atom. The highest BCUT2D eigenvalue weighted by molar-refractivity contribution is 5.65. The van der Waals surface area contributed by atoms with E-state index in [4.69, 9.17) is 0 Å². The maximum absolute atomic E-state index is 11.0. The van der Waals surface area contributed by atoms with Crippen molar-refractivity contribution in [3.05, 3.63) is 78.4 Å². The third-order valence-electron chi connectivity index (χ3n) is 3.02. The van der Waals surface area contributed by atoms with Crippen molar-refractivity contribution in [3.63, 3.8) is 0 Å². The van der Waals surface area contributed by atoms with Gasteiger partial charge in [0.2, 0.25) is 0 Å². The van der Waals surface area contributed by atoms with Crippen LogP contribution in [-0.4, -0.2) is 14.8 Å². The number of hydrogen-bond acceptors (Lipinski definition) is 7. The number of benzene rings is 2. The highest BCUT2D eigenvalue weighted by Gasteiger charge is 2.19. The smallest absolute Gasteiger partial charge is 0.299 e. The maximum atomic E-state index is 11.0. The van der Waals surface area contributed by atoms with Crippen LogP contribution in [0.3, 0.4) is 0 Å². The molecule has 0 bridgehead atoms. The van der Waals surface area contributed by atoms with Gasteiger partial charge in [0.05, 0.1) is 20.8 Å². The minimum atomic E-state index is -0.717. The third-order valence-corrected chi connectivity index (χ3v) is 3.02. The lowest BCUT2D eigenvalue weighted by molar-refractivity contribution is -0.393. The lowest BCUT2D eigenvalue weighted by Crippen LogP contribution is -2.03. The Bertz CT molecular complexity index is 775. The quantitative estimate of drug-likeness (QED) is 0.637. The number of nitro groups is 3. The second-order valence-corrected chi connectivity index (χ2v) is 4.49. The van der Waals surface area contributed by atoms with Crippen LogP contribution in [0.1, 0.15) is 5.56 Å². The van der Waals surface area contributed by atoms with Crippen LogP contribution in [0, 0.1) is 30.3 Å². The van der Waals surface area contributed by atoms with Crippen LogP contribution in [0.4, 0.5) is 22.7 Å². The molecule has 2 rings (SSSR count). The lowest BCUT2D eigenvalue weighted by atomic mass is 10.2. The second-order valence-electron chi connectivity index (χ2n) is 4.49. The van der Waals surface area contributed by atoms with E-state index in [-0.39, 0.29) is 23.6 Å². The first-order valence-corrected chi connectivity index (χ1v) is 6.28. The number of anilines is 1. The average Bonchev–Trinajstić information content (AvgIpc) is 2.52. The van der Waals surface area contributed by atoms with E-state index < -0.39 is 20.5 Å². The van der Waals surface area contributed by atoms with Crippen molar-refractivity contribution in [3.8, 4) is 0 Å². The van der Waals surface area contributed by atoms with Crippen LogP contribution in [0.15, 0.2) is 42.5 Å². The summed E-state index contributed by atoms with van der Waals surface area (Å²) in [7, 11) is 0. The predicted octanol–water partition coefficient (Wildman–Crippen LogP) is 3.02.